The molecule has 0 amide bonds. The summed E-state index contributed by atoms with van der Waals surface area (Å²) in [5, 5.41) is 14.1. The van der Waals surface area contributed by atoms with Crippen LogP contribution in [0.1, 0.15) is 12.8 Å². The molecule has 5 heteroatoms. The van der Waals surface area contributed by atoms with Crippen LogP contribution in [0, 0.1) is 16.0 Å². The Morgan fingerprint density at radius 3 is 2.67 bits per heavy atom. The first-order valence-corrected chi connectivity index (χ1v) is 6.23. The first-order valence-electron chi connectivity index (χ1n) is 6.23. The standard InChI is InChI=1S/C13H19N3O2/c1-15(2)13(10-7-8-10)9-14-11-5-3-4-6-12(11)16(17)18/h3-6,10,13-14H,7-9H2,1-2H3. The Hall–Kier alpha value is -1.62. The van der Waals surface area contributed by atoms with Crippen LogP contribution in [-0.4, -0.2) is 36.5 Å². The molecule has 0 spiro atoms. The summed E-state index contributed by atoms with van der Waals surface area (Å²) in [7, 11) is 4.12. The van der Waals surface area contributed by atoms with Gasteiger partial charge in [0.15, 0.2) is 0 Å². The van der Waals surface area contributed by atoms with Gasteiger partial charge in [-0.05, 0) is 38.9 Å². The second kappa shape index (κ2) is 5.35. The predicted molar refractivity (Wildman–Crippen MR) is 71.8 cm³/mol. The molecule has 1 aliphatic carbocycles. The molecule has 0 saturated heterocycles. The number of anilines is 1. The smallest absolute Gasteiger partial charge is 0.292 e. The molecule has 18 heavy (non-hydrogen) atoms. The van der Waals surface area contributed by atoms with Gasteiger partial charge < -0.3 is 10.2 Å². The molecule has 5 nitrogen and oxygen atoms in total. The lowest BCUT2D eigenvalue weighted by molar-refractivity contribution is -0.384. The van der Waals surface area contributed by atoms with Crippen LogP contribution in [0.25, 0.3) is 0 Å². The molecular weight excluding hydrogens is 230 g/mol. The minimum atomic E-state index is -0.343. The van der Waals surface area contributed by atoms with Crippen molar-refractivity contribution in [3.63, 3.8) is 0 Å². The highest BCUT2D eigenvalue weighted by Gasteiger charge is 2.32. The Morgan fingerprint density at radius 2 is 2.11 bits per heavy atom. The number of nitrogens with one attached hydrogen (secondary N) is 1. The van der Waals surface area contributed by atoms with Gasteiger partial charge in [-0.25, -0.2) is 0 Å². The molecule has 1 aromatic carbocycles. The third-order valence-electron chi connectivity index (χ3n) is 3.43. The molecule has 0 heterocycles. The third kappa shape index (κ3) is 2.98. The molecule has 0 radical (unpaired) electrons. The van der Waals surface area contributed by atoms with E-state index in [2.05, 4.69) is 24.3 Å². The molecule has 1 aliphatic rings. The average molecular weight is 249 g/mol. The highest BCUT2D eigenvalue weighted by Crippen LogP contribution is 2.35. The molecule has 0 aliphatic heterocycles. The number of nitro benzene ring substituents is 1. The lowest BCUT2D eigenvalue weighted by Gasteiger charge is -2.24. The predicted octanol–water partition coefficient (Wildman–Crippen LogP) is 2.35. The van der Waals surface area contributed by atoms with Crippen molar-refractivity contribution in [3.8, 4) is 0 Å². The Morgan fingerprint density at radius 1 is 1.44 bits per heavy atom. The molecule has 1 unspecified atom stereocenters. The second-order valence-electron chi connectivity index (χ2n) is 5.02. The van der Waals surface area contributed by atoms with Crippen molar-refractivity contribution in [1.29, 1.82) is 0 Å². The lowest BCUT2D eigenvalue weighted by Crippen LogP contribution is -2.36. The van der Waals surface area contributed by atoms with E-state index in [-0.39, 0.29) is 10.6 Å². The van der Waals surface area contributed by atoms with Gasteiger partial charge in [0.05, 0.1) is 4.92 Å². The molecule has 98 valence electrons. The molecule has 1 saturated carbocycles. The minimum Gasteiger partial charge on any atom is -0.378 e. The first kappa shape index (κ1) is 12.8. The summed E-state index contributed by atoms with van der Waals surface area (Å²) < 4.78 is 0. The summed E-state index contributed by atoms with van der Waals surface area (Å²) in [6.07, 6.45) is 2.53. The number of hydrogen-bond acceptors (Lipinski definition) is 4. The summed E-state index contributed by atoms with van der Waals surface area (Å²) in [6, 6.07) is 7.25. The average Bonchev–Trinajstić information content (AvgIpc) is 3.13. The molecule has 2 rings (SSSR count). The molecule has 1 fully saturated rings. The van der Waals surface area contributed by atoms with Crippen molar-refractivity contribution in [2.75, 3.05) is 26.0 Å². The summed E-state index contributed by atoms with van der Waals surface area (Å²) >= 11 is 0. The number of likely N-dealkylation sites (N-methyl/N-ethyl adjacent to an activating group) is 1. The number of hydrogen-bond donors (Lipinski definition) is 1. The van der Waals surface area contributed by atoms with Crippen molar-refractivity contribution < 1.29 is 4.92 Å². The van der Waals surface area contributed by atoms with Gasteiger partial charge >= 0.3 is 0 Å². The van der Waals surface area contributed by atoms with E-state index >= 15 is 0 Å². The molecule has 1 N–H and O–H groups in total. The summed E-state index contributed by atoms with van der Waals surface area (Å²) in [6.45, 7) is 0.752. The van der Waals surface area contributed by atoms with Gasteiger partial charge in [-0.2, -0.15) is 0 Å². The van der Waals surface area contributed by atoms with E-state index < -0.39 is 0 Å². The zero-order chi connectivity index (χ0) is 13.1. The normalized spacial score (nSPS) is 16.6. The van der Waals surface area contributed by atoms with Crippen LogP contribution >= 0.6 is 0 Å². The Balaban J connectivity index is 2.02. The van der Waals surface area contributed by atoms with E-state index in [1.165, 1.54) is 18.9 Å². The Kier molecular flexibility index (Phi) is 3.81. The van der Waals surface area contributed by atoms with Crippen molar-refractivity contribution in [2.24, 2.45) is 5.92 Å². The number of benzene rings is 1. The van der Waals surface area contributed by atoms with Crippen molar-refractivity contribution in [1.82, 2.24) is 4.90 Å². The van der Waals surface area contributed by atoms with Crippen LogP contribution in [-0.2, 0) is 0 Å². The lowest BCUT2D eigenvalue weighted by atomic mass is 10.1. The van der Waals surface area contributed by atoms with E-state index in [9.17, 15) is 10.1 Å². The fourth-order valence-corrected chi connectivity index (χ4v) is 2.25. The summed E-state index contributed by atoms with van der Waals surface area (Å²) in [4.78, 5) is 12.8. The highest BCUT2D eigenvalue weighted by atomic mass is 16.6. The minimum absolute atomic E-state index is 0.144. The number of rotatable bonds is 6. The highest BCUT2D eigenvalue weighted by molar-refractivity contribution is 5.61. The maximum absolute atomic E-state index is 10.9. The molecular formula is C13H19N3O2. The van der Waals surface area contributed by atoms with E-state index in [4.69, 9.17) is 0 Å². The maximum atomic E-state index is 10.9. The van der Waals surface area contributed by atoms with Gasteiger partial charge in [0.2, 0.25) is 0 Å². The van der Waals surface area contributed by atoms with Crippen LogP contribution in [0.5, 0.6) is 0 Å². The van der Waals surface area contributed by atoms with E-state index in [1.54, 1.807) is 12.1 Å². The van der Waals surface area contributed by atoms with Gasteiger partial charge in [-0.3, -0.25) is 10.1 Å². The van der Waals surface area contributed by atoms with Gasteiger partial charge in [0.25, 0.3) is 5.69 Å². The SMILES string of the molecule is CN(C)C(CNc1ccccc1[N+](=O)[O-])C1CC1. The molecule has 1 atom stereocenters. The van der Waals surface area contributed by atoms with Crippen molar-refractivity contribution in [2.45, 2.75) is 18.9 Å². The zero-order valence-electron chi connectivity index (χ0n) is 10.8. The fourth-order valence-electron chi connectivity index (χ4n) is 2.25. The van der Waals surface area contributed by atoms with Crippen molar-refractivity contribution >= 4 is 11.4 Å². The second-order valence-corrected chi connectivity index (χ2v) is 5.02. The van der Waals surface area contributed by atoms with Crippen LogP contribution in [0.3, 0.4) is 0 Å². The molecule has 1 aromatic rings. The molecule has 0 aromatic heterocycles. The van der Waals surface area contributed by atoms with Gasteiger partial charge in [-0.1, -0.05) is 12.1 Å². The van der Waals surface area contributed by atoms with Crippen molar-refractivity contribution in [3.05, 3.63) is 34.4 Å². The zero-order valence-corrected chi connectivity index (χ0v) is 10.8. The van der Waals surface area contributed by atoms with Crippen LogP contribution in [0.4, 0.5) is 11.4 Å². The third-order valence-corrected chi connectivity index (χ3v) is 3.43. The quantitative estimate of drug-likeness (QED) is 0.621. The first-order chi connectivity index (χ1) is 8.59. The van der Waals surface area contributed by atoms with E-state index in [0.29, 0.717) is 11.7 Å². The number of para-hydroxylation sites is 2. The van der Waals surface area contributed by atoms with E-state index in [0.717, 1.165) is 12.5 Å². The van der Waals surface area contributed by atoms with E-state index in [1.807, 2.05) is 6.07 Å². The maximum Gasteiger partial charge on any atom is 0.292 e. The van der Waals surface area contributed by atoms with Crippen LogP contribution < -0.4 is 5.32 Å². The van der Waals surface area contributed by atoms with Gasteiger partial charge in [0.1, 0.15) is 5.69 Å². The van der Waals surface area contributed by atoms with Crippen LogP contribution in [0.2, 0.25) is 0 Å². The van der Waals surface area contributed by atoms with Crippen LogP contribution in [0.15, 0.2) is 24.3 Å². The Labute approximate surface area is 107 Å². The number of nitrogens with zero attached hydrogens (tertiary/aromatic N) is 2. The fraction of sp³-hybridized carbons (Fsp3) is 0.538. The topological polar surface area (TPSA) is 58.4 Å². The van der Waals surface area contributed by atoms with Gasteiger partial charge in [-0.15, -0.1) is 0 Å². The number of nitro groups is 1. The summed E-state index contributed by atoms with van der Waals surface area (Å²) in [5.74, 6) is 0.732. The van der Waals surface area contributed by atoms with Gasteiger partial charge in [0, 0.05) is 18.7 Å². The monoisotopic (exact) mass is 249 g/mol. The molecule has 0 bridgehead atoms. The summed E-state index contributed by atoms with van der Waals surface area (Å²) in [5.41, 5.74) is 0.751. The largest absolute Gasteiger partial charge is 0.378 e. The Bertz CT molecular complexity index is 428.